The van der Waals surface area contributed by atoms with Crippen LogP contribution in [0.5, 0.6) is 0 Å². The first-order valence-corrected chi connectivity index (χ1v) is 7.87. The molecule has 4 nitrogen and oxygen atoms in total. The van der Waals surface area contributed by atoms with Gasteiger partial charge in [0.05, 0.1) is 6.04 Å². The summed E-state index contributed by atoms with van der Waals surface area (Å²) in [6, 6.07) is 0.0417. The quantitative estimate of drug-likeness (QED) is 0.781. The van der Waals surface area contributed by atoms with E-state index in [-0.39, 0.29) is 24.4 Å². The number of hydrogen-bond acceptors (Lipinski definition) is 3. The number of carbonyl (C=O) groups is 1. The average Bonchev–Trinajstić information content (AvgIpc) is 2.46. The highest BCUT2D eigenvalue weighted by Gasteiger charge is 2.28. The molecule has 20 heavy (non-hydrogen) atoms. The standard InChI is InChI=1S/C15H31N3O.ClH/c1-5-16-12-14-8-10-18(11-9-14)13(4)15(19)17(6-2)7-3;/h13-14,16H,5-12H2,1-4H3;1H. The zero-order valence-corrected chi connectivity index (χ0v) is 14.3. The number of piperidine rings is 1. The number of nitrogens with zero attached hydrogens (tertiary/aromatic N) is 2. The molecule has 1 N–H and O–H groups in total. The second-order valence-electron chi connectivity index (χ2n) is 5.47. The van der Waals surface area contributed by atoms with Crippen LogP contribution in [0.2, 0.25) is 0 Å². The smallest absolute Gasteiger partial charge is 0.239 e. The van der Waals surface area contributed by atoms with Crippen molar-refractivity contribution >= 4 is 18.3 Å². The molecule has 0 aromatic carbocycles. The second kappa shape index (κ2) is 10.4. The normalized spacial score (nSPS) is 18.4. The summed E-state index contributed by atoms with van der Waals surface area (Å²) < 4.78 is 0. The lowest BCUT2D eigenvalue weighted by atomic mass is 9.95. The molecule has 1 unspecified atom stereocenters. The fraction of sp³-hybridized carbons (Fsp3) is 0.933. The highest BCUT2D eigenvalue weighted by Crippen LogP contribution is 2.19. The van der Waals surface area contributed by atoms with Gasteiger partial charge in [-0.25, -0.2) is 0 Å². The van der Waals surface area contributed by atoms with Crippen molar-refractivity contribution in [3.8, 4) is 0 Å². The van der Waals surface area contributed by atoms with Crippen molar-refractivity contribution in [1.29, 1.82) is 0 Å². The summed E-state index contributed by atoms with van der Waals surface area (Å²) in [5.41, 5.74) is 0. The Bertz CT molecular complexity index is 264. The first kappa shape index (κ1) is 19.7. The molecule has 1 aliphatic rings. The first-order valence-electron chi connectivity index (χ1n) is 7.87. The highest BCUT2D eigenvalue weighted by molar-refractivity contribution is 5.85. The molecule has 0 saturated carbocycles. The van der Waals surface area contributed by atoms with Gasteiger partial charge in [-0.2, -0.15) is 0 Å². The van der Waals surface area contributed by atoms with Crippen LogP contribution in [0.1, 0.15) is 40.5 Å². The topological polar surface area (TPSA) is 35.6 Å². The lowest BCUT2D eigenvalue weighted by molar-refractivity contribution is -0.136. The summed E-state index contributed by atoms with van der Waals surface area (Å²) in [5, 5.41) is 3.43. The predicted octanol–water partition coefficient (Wildman–Crippen LogP) is 1.99. The molecular weight excluding hydrogens is 274 g/mol. The Morgan fingerprint density at radius 2 is 1.80 bits per heavy atom. The summed E-state index contributed by atoms with van der Waals surface area (Å²) in [7, 11) is 0. The summed E-state index contributed by atoms with van der Waals surface area (Å²) in [6.07, 6.45) is 2.42. The number of halogens is 1. The van der Waals surface area contributed by atoms with Crippen LogP contribution in [0.3, 0.4) is 0 Å². The van der Waals surface area contributed by atoms with Crippen molar-refractivity contribution in [2.75, 3.05) is 39.3 Å². The van der Waals surface area contributed by atoms with Gasteiger partial charge in [0.15, 0.2) is 0 Å². The molecule has 1 saturated heterocycles. The molecule has 0 aliphatic carbocycles. The van der Waals surface area contributed by atoms with Crippen molar-refractivity contribution < 1.29 is 4.79 Å². The van der Waals surface area contributed by atoms with Gasteiger partial charge in [0, 0.05) is 13.1 Å². The Hall–Kier alpha value is -0.320. The maximum Gasteiger partial charge on any atom is 0.239 e. The number of carbonyl (C=O) groups excluding carboxylic acids is 1. The van der Waals surface area contributed by atoms with Gasteiger partial charge in [-0.1, -0.05) is 6.92 Å². The van der Waals surface area contributed by atoms with E-state index in [0.717, 1.165) is 45.2 Å². The average molecular weight is 306 g/mol. The minimum atomic E-state index is 0. The third-order valence-corrected chi connectivity index (χ3v) is 4.31. The van der Waals surface area contributed by atoms with E-state index < -0.39 is 0 Å². The van der Waals surface area contributed by atoms with Gasteiger partial charge in [-0.3, -0.25) is 9.69 Å². The fourth-order valence-electron chi connectivity index (χ4n) is 2.85. The minimum absolute atomic E-state index is 0. The molecule has 1 aliphatic heterocycles. The van der Waals surface area contributed by atoms with Crippen LogP contribution in [-0.2, 0) is 4.79 Å². The molecule has 1 amide bonds. The van der Waals surface area contributed by atoms with E-state index in [2.05, 4.69) is 37.9 Å². The predicted molar refractivity (Wildman–Crippen MR) is 87.5 cm³/mol. The Balaban J connectivity index is 0.00000361. The Morgan fingerprint density at radius 1 is 1.25 bits per heavy atom. The molecule has 0 aromatic heterocycles. The third kappa shape index (κ3) is 5.58. The van der Waals surface area contributed by atoms with Crippen LogP contribution in [0, 0.1) is 5.92 Å². The van der Waals surface area contributed by atoms with Crippen LogP contribution in [0.25, 0.3) is 0 Å². The molecule has 0 aromatic rings. The maximum absolute atomic E-state index is 12.3. The molecule has 5 heteroatoms. The van der Waals surface area contributed by atoms with Crippen LogP contribution in [0.15, 0.2) is 0 Å². The van der Waals surface area contributed by atoms with Crippen molar-refractivity contribution in [2.24, 2.45) is 5.92 Å². The number of likely N-dealkylation sites (N-methyl/N-ethyl adjacent to an activating group) is 1. The number of hydrogen-bond donors (Lipinski definition) is 1. The van der Waals surface area contributed by atoms with Gasteiger partial charge in [-0.15, -0.1) is 12.4 Å². The fourth-order valence-corrected chi connectivity index (χ4v) is 2.85. The first-order chi connectivity index (χ1) is 9.13. The summed E-state index contributed by atoms with van der Waals surface area (Å²) in [4.78, 5) is 16.6. The zero-order valence-electron chi connectivity index (χ0n) is 13.5. The van der Waals surface area contributed by atoms with E-state index in [1.807, 2.05) is 4.90 Å². The highest BCUT2D eigenvalue weighted by atomic mass is 35.5. The van der Waals surface area contributed by atoms with E-state index in [4.69, 9.17) is 0 Å². The molecule has 1 fully saturated rings. The molecule has 0 radical (unpaired) electrons. The van der Waals surface area contributed by atoms with Gasteiger partial charge < -0.3 is 10.2 Å². The van der Waals surface area contributed by atoms with Gasteiger partial charge in [-0.05, 0) is 65.7 Å². The monoisotopic (exact) mass is 305 g/mol. The van der Waals surface area contributed by atoms with Crippen LogP contribution in [0.4, 0.5) is 0 Å². The SMILES string of the molecule is CCNCC1CCN(C(C)C(=O)N(CC)CC)CC1.Cl. The van der Waals surface area contributed by atoms with Crippen LogP contribution >= 0.6 is 12.4 Å². The van der Waals surface area contributed by atoms with E-state index in [1.54, 1.807) is 0 Å². The molecule has 0 bridgehead atoms. The van der Waals surface area contributed by atoms with Gasteiger partial charge in [0.1, 0.15) is 0 Å². The zero-order chi connectivity index (χ0) is 14.3. The molecule has 1 atom stereocenters. The Morgan fingerprint density at radius 3 is 2.25 bits per heavy atom. The number of likely N-dealkylation sites (tertiary alicyclic amines) is 1. The lowest BCUT2D eigenvalue weighted by Crippen LogP contribution is -2.50. The molecule has 1 rings (SSSR count). The van der Waals surface area contributed by atoms with Crippen molar-refractivity contribution in [1.82, 2.24) is 15.1 Å². The summed E-state index contributed by atoms with van der Waals surface area (Å²) in [6.45, 7) is 14.3. The van der Waals surface area contributed by atoms with E-state index in [9.17, 15) is 4.79 Å². The van der Waals surface area contributed by atoms with E-state index in [1.165, 1.54) is 12.8 Å². The number of nitrogens with one attached hydrogen (secondary N) is 1. The Labute approximate surface area is 130 Å². The molecular formula is C15H32ClN3O. The van der Waals surface area contributed by atoms with Gasteiger partial charge in [0.2, 0.25) is 5.91 Å². The van der Waals surface area contributed by atoms with E-state index in [0.29, 0.717) is 0 Å². The molecule has 0 spiro atoms. The molecule has 120 valence electrons. The number of amides is 1. The van der Waals surface area contributed by atoms with Crippen molar-refractivity contribution in [2.45, 2.75) is 46.6 Å². The number of rotatable bonds is 7. The largest absolute Gasteiger partial charge is 0.342 e. The van der Waals surface area contributed by atoms with Crippen LogP contribution < -0.4 is 5.32 Å². The van der Waals surface area contributed by atoms with Gasteiger partial charge >= 0.3 is 0 Å². The Kier molecular flexibility index (Phi) is 10.2. The summed E-state index contributed by atoms with van der Waals surface area (Å²) >= 11 is 0. The summed E-state index contributed by atoms with van der Waals surface area (Å²) in [5.74, 6) is 1.07. The van der Waals surface area contributed by atoms with E-state index >= 15 is 0 Å². The lowest BCUT2D eigenvalue weighted by Gasteiger charge is -2.37. The second-order valence-corrected chi connectivity index (χ2v) is 5.47. The van der Waals surface area contributed by atoms with Crippen molar-refractivity contribution in [3.05, 3.63) is 0 Å². The maximum atomic E-state index is 12.3. The van der Waals surface area contributed by atoms with Gasteiger partial charge in [0.25, 0.3) is 0 Å². The van der Waals surface area contributed by atoms with Crippen LogP contribution in [-0.4, -0.2) is 61.0 Å². The molecule has 1 heterocycles. The third-order valence-electron chi connectivity index (χ3n) is 4.31. The van der Waals surface area contributed by atoms with Crippen molar-refractivity contribution in [3.63, 3.8) is 0 Å². The minimum Gasteiger partial charge on any atom is -0.342 e.